The van der Waals surface area contributed by atoms with E-state index in [0.29, 0.717) is 5.69 Å². The summed E-state index contributed by atoms with van der Waals surface area (Å²) >= 11 is 3.95. The van der Waals surface area contributed by atoms with E-state index in [1.165, 1.54) is 12.5 Å². The summed E-state index contributed by atoms with van der Waals surface area (Å²) in [5, 5.41) is 16.4. The van der Waals surface area contributed by atoms with Gasteiger partial charge in [-0.2, -0.15) is 12.6 Å². The van der Waals surface area contributed by atoms with Crippen LogP contribution in [0.25, 0.3) is 0 Å². The average Bonchev–Trinajstić information content (AvgIpc) is 3.22. The number of H-pyrrole nitrogens is 1. The molecule has 0 spiro atoms. The molecule has 13 nitrogen and oxygen atoms in total. The zero-order valence-corrected chi connectivity index (χ0v) is 18.6. The van der Waals surface area contributed by atoms with E-state index >= 15 is 0 Å². The summed E-state index contributed by atoms with van der Waals surface area (Å²) in [4.78, 5) is 67.2. The molecule has 1 heterocycles. The predicted octanol–water partition coefficient (Wildman–Crippen LogP) is -2.72. The quantitative estimate of drug-likeness (QED) is 0.141. The lowest BCUT2D eigenvalue weighted by Crippen LogP contribution is -2.58. The summed E-state index contributed by atoms with van der Waals surface area (Å²) in [6.45, 7) is 3.17. The van der Waals surface area contributed by atoms with Gasteiger partial charge in [-0.05, 0) is 5.92 Å². The molecule has 0 aliphatic carbocycles. The number of nitrogens with zero attached hydrogens (tertiary/aromatic N) is 1. The Morgan fingerprint density at radius 3 is 2.16 bits per heavy atom. The molecule has 32 heavy (non-hydrogen) atoms. The molecule has 0 aromatic carbocycles. The lowest BCUT2D eigenvalue weighted by molar-refractivity contribution is -0.143. The summed E-state index contributed by atoms with van der Waals surface area (Å²) in [5.74, 6) is -4.97. The SMILES string of the molecule is CC(C)C(NC(=O)C(CC(N)=O)NC(=O)C(Cc1cnc[nH]1)NC(=O)C(N)CS)C(=O)O. The van der Waals surface area contributed by atoms with E-state index < -0.39 is 66.1 Å². The molecule has 4 atom stereocenters. The first kappa shape index (κ1) is 26.9. The van der Waals surface area contributed by atoms with Gasteiger partial charge in [0.05, 0.1) is 18.8 Å². The number of carbonyl (C=O) groups is 5. The minimum absolute atomic E-state index is 0.0223. The molecule has 1 aromatic rings. The highest BCUT2D eigenvalue weighted by Gasteiger charge is 2.32. The van der Waals surface area contributed by atoms with Crippen molar-refractivity contribution in [1.29, 1.82) is 0 Å². The number of aliphatic carboxylic acids is 1. The predicted molar refractivity (Wildman–Crippen MR) is 116 cm³/mol. The molecule has 178 valence electrons. The van der Waals surface area contributed by atoms with E-state index in [1.807, 2.05) is 0 Å². The standard InChI is InChI=1S/C18H29N7O6S/c1-8(2)14(18(30)31)25-17(29)12(4-13(20)26)24-16(28)11(3-9-5-21-7-22-9)23-15(27)10(19)6-32/h5,7-8,10-12,14,32H,3-4,6,19H2,1-2H3,(H2,20,26)(H,21,22)(H,23,27)(H,24,28)(H,25,29)(H,30,31). The van der Waals surface area contributed by atoms with Crippen molar-refractivity contribution in [2.45, 2.75) is 50.9 Å². The van der Waals surface area contributed by atoms with Gasteiger partial charge in [0.1, 0.15) is 18.1 Å². The number of amides is 4. The number of carbonyl (C=O) groups excluding carboxylic acids is 4. The van der Waals surface area contributed by atoms with Gasteiger partial charge in [-0.25, -0.2) is 9.78 Å². The van der Waals surface area contributed by atoms with Crippen molar-refractivity contribution in [2.75, 3.05) is 5.75 Å². The number of rotatable bonds is 13. The zero-order chi connectivity index (χ0) is 24.4. The largest absolute Gasteiger partial charge is 0.480 e. The number of aromatic amines is 1. The van der Waals surface area contributed by atoms with E-state index in [0.717, 1.165) is 0 Å². The first-order valence-electron chi connectivity index (χ1n) is 9.72. The second-order valence-electron chi connectivity index (χ2n) is 7.43. The van der Waals surface area contributed by atoms with Crippen LogP contribution < -0.4 is 27.4 Å². The number of hydrogen-bond acceptors (Lipinski definition) is 8. The number of carboxylic acid groups (broad SMARTS) is 1. The van der Waals surface area contributed by atoms with Gasteiger partial charge in [0.25, 0.3) is 0 Å². The smallest absolute Gasteiger partial charge is 0.326 e. The maximum Gasteiger partial charge on any atom is 0.326 e. The molecule has 0 aliphatic heterocycles. The van der Waals surface area contributed by atoms with Crippen molar-refractivity contribution in [1.82, 2.24) is 25.9 Å². The van der Waals surface area contributed by atoms with Crippen LogP contribution in [0.15, 0.2) is 12.5 Å². The fourth-order valence-electron chi connectivity index (χ4n) is 2.64. The van der Waals surface area contributed by atoms with Crippen LogP contribution in [0.4, 0.5) is 0 Å². The van der Waals surface area contributed by atoms with E-state index in [1.54, 1.807) is 13.8 Å². The molecule has 4 unspecified atom stereocenters. The molecular weight excluding hydrogens is 442 g/mol. The van der Waals surface area contributed by atoms with Crippen molar-refractivity contribution in [3.8, 4) is 0 Å². The van der Waals surface area contributed by atoms with E-state index in [-0.39, 0.29) is 12.2 Å². The number of nitrogens with two attached hydrogens (primary N) is 2. The Hall–Kier alpha value is -3.13. The van der Waals surface area contributed by atoms with Gasteiger partial charge in [-0.3, -0.25) is 19.2 Å². The first-order chi connectivity index (χ1) is 15.0. The molecule has 0 fully saturated rings. The average molecular weight is 472 g/mol. The van der Waals surface area contributed by atoms with Gasteiger partial charge in [0.2, 0.25) is 23.6 Å². The third-order valence-electron chi connectivity index (χ3n) is 4.41. The summed E-state index contributed by atoms with van der Waals surface area (Å²) in [6.07, 6.45) is 2.22. The highest BCUT2D eigenvalue weighted by atomic mass is 32.1. The Bertz CT molecular complexity index is 817. The normalized spacial score (nSPS) is 14.7. The number of thiol groups is 1. The zero-order valence-electron chi connectivity index (χ0n) is 17.7. The molecule has 0 radical (unpaired) electrons. The molecule has 0 saturated heterocycles. The molecular formula is C18H29N7O6S. The second-order valence-corrected chi connectivity index (χ2v) is 7.80. The number of primary amides is 1. The molecule has 0 saturated carbocycles. The van der Waals surface area contributed by atoms with Gasteiger partial charge in [-0.15, -0.1) is 0 Å². The Kier molecular flexibility index (Phi) is 10.6. The monoisotopic (exact) mass is 471 g/mol. The number of imidazole rings is 1. The lowest BCUT2D eigenvalue weighted by atomic mass is 10.0. The topological polar surface area (TPSA) is 222 Å². The lowest BCUT2D eigenvalue weighted by Gasteiger charge is -2.25. The first-order valence-corrected chi connectivity index (χ1v) is 10.3. The molecule has 0 aliphatic rings. The van der Waals surface area contributed by atoms with Gasteiger partial charge < -0.3 is 37.5 Å². The van der Waals surface area contributed by atoms with Crippen molar-refractivity contribution in [2.24, 2.45) is 17.4 Å². The number of nitrogens with one attached hydrogen (secondary N) is 4. The second kappa shape index (κ2) is 12.7. The number of carboxylic acids is 1. The van der Waals surface area contributed by atoms with Crippen LogP contribution in [0, 0.1) is 5.92 Å². The van der Waals surface area contributed by atoms with Crippen LogP contribution >= 0.6 is 12.6 Å². The van der Waals surface area contributed by atoms with Gasteiger partial charge in [0.15, 0.2) is 0 Å². The summed E-state index contributed by atoms with van der Waals surface area (Å²) < 4.78 is 0. The third-order valence-corrected chi connectivity index (χ3v) is 4.81. The Balaban J connectivity index is 3.04. The third kappa shape index (κ3) is 8.55. The van der Waals surface area contributed by atoms with Gasteiger partial charge >= 0.3 is 5.97 Å². The van der Waals surface area contributed by atoms with Crippen LogP contribution in [0.3, 0.4) is 0 Å². The van der Waals surface area contributed by atoms with Crippen LogP contribution in [-0.4, -0.2) is 74.6 Å². The number of hydrogen-bond donors (Lipinski definition) is 8. The van der Waals surface area contributed by atoms with Crippen molar-refractivity contribution < 1.29 is 29.1 Å². The van der Waals surface area contributed by atoms with Gasteiger partial charge in [-0.1, -0.05) is 13.8 Å². The Labute approximate surface area is 189 Å². The highest BCUT2D eigenvalue weighted by Crippen LogP contribution is 2.05. The maximum atomic E-state index is 12.9. The molecule has 1 rings (SSSR count). The minimum Gasteiger partial charge on any atom is -0.480 e. The minimum atomic E-state index is -1.46. The van der Waals surface area contributed by atoms with Crippen LogP contribution in [0.1, 0.15) is 26.0 Å². The molecule has 4 amide bonds. The van der Waals surface area contributed by atoms with Crippen LogP contribution in [0.2, 0.25) is 0 Å². The maximum absolute atomic E-state index is 12.9. The van der Waals surface area contributed by atoms with E-state index in [4.69, 9.17) is 11.5 Å². The molecule has 14 heteroatoms. The molecule has 9 N–H and O–H groups in total. The molecule has 1 aromatic heterocycles. The highest BCUT2D eigenvalue weighted by molar-refractivity contribution is 7.80. The summed E-state index contributed by atoms with van der Waals surface area (Å²) in [5.41, 5.74) is 11.3. The Morgan fingerprint density at radius 2 is 1.69 bits per heavy atom. The van der Waals surface area contributed by atoms with Crippen LogP contribution in [0.5, 0.6) is 0 Å². The van der Waals surface area contributed by atoms with Gasteiger partial charge in [0, 0.05) is 24.1 Å². The van der Waals surface area contributed by atoms with Crippen molar-refractivity contribution in [3.05, 3.63) is 18.2 Å². The number of aromatic nitrogens is 2. The van der Waals surface area contributed by atoms with E-state index in [2.05, 4.69) is 38.5 Å². The molecule has 0 bridgehead atoms. The fourth-order valence-corrected chi connectivity index (χ4v) is 2.80. The van der Waals surface area contributed by atoms with E-state index in [9.17, 15) is 29.1 Å². The van der Waals surface area contributed by atoms with Crippen molar-refractivity contribution in [3.63, 3.8) is 0 Å². The van der Waals surface area contributed by atoms with Crippen LogP contribution in [-0.2, 0) is 30.4 Å². The fraction of sp³-hybridized carbons (Fsp3) is 0.556. The van der Waals surface area contributed by atoms with Crippen molar-refractivity contribution >= 4 is 42.2 Å². The summed E-state index contributed by atoms with van der Waals surface area (Å²) in [7, 11) is 0. The summed E-state index contributed by atoms with van der Waals surface area (Å²) in [6, 6.07) is -4.87. The Morgan fingerprint density at radius 1 is 1.09 bits per heavy atom.